The Balaban J connectivity index is 1.40. The minimum atomic E-state index is 0.362. The fourth-order valence-corrected chi connectivity index (χ4v) is 5.99. The van der Waals surface area contributed by atoms with E-state index >= 15 is 0 Å². The molecule has 26 heavy (non-hydrogen) atoms. The molecule has 2 heterocycles. The molecule has 0 unspecified atom stereocenters. The van der Waals surface area contributed by atoms with Crippen LogP contribution in [0.3, 0.4) is 0 Å². The lowest BCUT2D eigenvalue weighted by Gasteiger charge is -2.49. The summed E-state index contributed by atoms with van der Waals surface area (Å²) in [6.07, 6.45) is 13.4. The van der Waals surface area contributed by atoms with Gasteiger partial charge in [-0.25, -0.2) is 0 Å². The second kappa shape index (κ2) is 7.74. The van der Waals surface area contributed by atoms with Crippen molar-refractivity contribution in [2.45, 2.75) is 110 Å². The van der Waals surface area contributed by atoms with Gasteiger partial charge in [-0.05, 0) is 143 Å². The molecule has 2 nitrogen and oxygen atoms in total. The summed E-state index contributed by atoms with van der Waals surface area (Å²) in [5.41, 5.74) is 1.44. The molecule has 2 heteroatoms. The van der Waals surface area contributed by atoms with Gasteiger partial charge in [0, 0.05) is 11.1 Å². The first-order valence-electron chi connectivity index (χ1n) is 11.6. The Hall–Kier alpha value is -0.0800. The molecule has 2 aliphatic heterocycles. The van der Waals surface area contributed by atoms with Crippen LogP contribution in [0.2, 0.25) is 0 Å². The maximum Gasteiger partial charge on any atom is 0.0125 e. The number of likely N-dealkylation sites (tertiary alicyclic amines) is 2. The van der Waals surface area contributed by atoms with E-state index in [9.17, 15) is 0 Å². The standard InChI is InChI=1S/C24H46N2/c1-22(2,3)25-15-9-21(10-16-25)19-20-7-11-24(12-8-20)13-17-26(18-14-24)23(4,5)6/h20-21H,7-19H2,1-6H3. The highest BCUT2D eigenvalue weighted by atomic mass is 15.2. The first-order chi connectivity index (χ1) is 12.1. The van der Waals surface area contributed by atoms with E-state index in [2.05, 4.69) is 51.3 Å². The maximum absolute atomic E-state index is 2.72. The van der Waals surface area contributed by atoms with Gasteiger partial charge in [-0.3, -0.25) is 9.80 Å². The maximum atomic E-state index is 2.72. The molecule has 1 aliphatic carbocycles. The summed E-state index contributed by atoms with van der Waals surface area (Å²) in [6.45, 7) is 19.6. The fraction of sp³-hybridized carbons (Fsp3) is 1.00. The molecule has 0 N–H and O–H groups in total. The van der Waals surface area contributed by atoms with Crippen LogP contribution in [0.25, 0.3) is 0 Å². The highest BCUT2D eigenvalue weighted by molar-refractivity contribution is 4.93. The summed E-state index contributed by atoms with van der Waals surface area (Å²) in [5, 5.41) is 0. The molecular weight excluding hydrogens is 316 g/mol. The van der Waals surface area contributed by atoms with Crippen molar-refractivity contribution >= 4 is 0 Å². The second-order valence-corrected chi connectivity index (χ2v) is 11.9. The Bertz CT molecular complexity index is 430. The van der Waals surface area contributed by atoms with Gasteiger partial charge in [-0.2, -0.15) is 0 Å². The largest absolute Gasteiger partial charge is 0.298 e. The van der Waals surface area contributed by atoms with Crippen molar-refractivity contribution in [2.24, 2.45) is 17.3 Å². The van der Waals surface area contributed by atoms with Gasteiger partial charge >= 0.3 is 0 Å². The molecule has 0 aromatic carbocycles. The summed E-state index contributed by atoms with van der Waals surface area (Å²) >= 11 is 0. The molecule has 3 fully saturated rings. The lowest BCUT2D eigenvalue weighted by atomic mass is 9.64. The molecule has 0 aromatic heterocycles. The molecule has 0 aromatic rings. The zero-order valence-electron chi connectivity index (χ0n) is 18.7. The van der Waals surface area contributed by atoms with Crippen molar-refractivity contribution in [3.63, 3.8) is 0 Å². The van der Waals surface area contributed by atoms with Crippen LogP contribution >= 0.6 is 0 Å². The predicted molar refractivity (Wildman–Crippen MR) is 114 cm³/mol. The molecule has 1 saturated carbocycles. The monoisotopic (exact) mass is 362 g/mol. The van der Waals surface area contributed by atoms with Crippen LogP contribution in [-0.2, 0) is 0 Å². The van der Waals surface area contributed by atoms with Crippen LogP contribution in [0, 0.1) is 17.3 Å². The first kappa shape index (κ1) is 20.6. The van der Waals surface area contributed by atoms with Crippen molar-refractivity contribution in [3.05, 3.63) is 0 Å². The first-order valence-corrected chi connectivity index (χ1v) is 11.6. The third-order valence-electron chi connectivity index (χ3n) is 8.17. The van der Waals surface area contributed by atoms with E-state index in [0.717, 1.165) is 11.8 Å². The number of nitrogens with zero attached hydrogens (tertiary/aromatic N) is 2. The molecule has 1 spiro atoms. The summed E-state index contributed by atoms with van der Waals surface area (Å²) in [4.78, 5) is 5.41. The smallest absolute Gasteiger partial charge is 0.0125 e. The van der Waals surface area contributed by atoms with Crippen LogP contribution in [0.5, 0.6) is 0 Å². The highest BCUT2D eigenvalue weighted by Crippen LogP contribution is 2.48. The third-order valence-corrected chi connectivity index (χ3v) is 8.17. The summed E-state index contributed by atoms with van der Waals surface area (Å²) < 4.78 is 0. The highest BCUT2D eigenvalue weighted by Gasteiger charge is 2.40. The molecule has 2 saturated heterocycles. The zero-order chi connectivity index (χ0) is 19.0. The topological polar surface area (TPSA) is 6.48 Å². The van der Waals surface area contributed by atoms with Crippen LogP contribution < -0.4 is 0 Å². The van der Waals surface area contributed by atoms with Crippen LogP contribution in [0.1, 0.15) is 99.3 Å². The lowest BCUT2D eigenvalue weighted by molar-refractivity contribution is 0.00831. The quantitative estimate of drug-likeness (QED) is 0.598. The van der Waals surface area contributed by atoms with Crippen molar-refractivity contribution in [2.75, 3.05) is 26.2 Å². The zero-order valence-corrected chi connectivity index (χ0v) is 18.7. The van der Waals surface area contributed by atoms with E-state index in [-0.39, 0.29) is 0 Å². The Morgan fingerprint density at radius 2 is 1.04 bits per heavy atom. The predicted octanol–water partition coefficient (Wildman–Crippen LogP) is 5.96. The Labute approximate surface area is 164 Å². The summed E-state index contributed by atoms with van der Waals surface area (Å²) in [5.74, 6) is 2.04. The number of piperidine rings is 2. The number of hydrogen-bond acceptors (Lipinski definition) is 2. The Morgan fingerprint density at radius 3 is 1.50 bits per heavy atom. The van der Waals surface area contributed by atoms with Gasteiger partial charge in [0.25, 0.3) is 0 Å². The van der Waals surface area contributed by atoms with E-state index in [4.69, 9.17) is 0 Å². The van der Waals surface area contributed by atoms with E-state index in [1.165, 1.54) is 84.0 Å². The van der Waals surface area contributed by atoms with E-state index in [0.29, 0.717) is 16.5 Å². The average Bonchev–Trinajstić information content (AvgIpc) is 2.56. The molecule has 0 atom stereocenters. The van der Waals surface area contributed by atoms with Crippen LogP contribution in [0.4, 0.5) is 0 Å². The Kier molecular flexibility index (Phi) is 6.15. The van der Waals surface area contributed by atoms with Gasteiger partial charge in [0.05, 0.1) is 0 Å². The van der Waals surface area contributed by atoms with E-state index in [1.54, 1.807) is 0 Å². The third kappa shape index (κ3) is 5.04. The van der Waals surface area contributed by atoms with E-state index in [1.807, 2.05) is 0 Å². The minimum Gasteiger partial charge on any atom is -0.298 e. The van der Waals surface area contributed by atoms with Crippen molar-refractivity contribution in [1.82, 2.24) is 9.80 Å². The van der Waals surface area contributed by atoms with Gasteiger partial charge in [0.2, 0.25) is 0 Å². The van der Waals surface area contributed by atoms with E-state index < -0.39 is 0 Å². The van der Waals surface area contributed by atoms with Crippen molar-refractivity contribution in [3.8, 4) is 0 Å². The second-order valence-electron chi connectivity index (χ2n) is 11.9. The van der Waals surface area contributed by atoms with Gasteiger partial charge in [-0.15, -0.1) is 0 Å². The van der Waals surface area contributed by atoms with Gasteiger partial charge in [-0.1, -0.05) is 0 Å². The molecule has 0 amide bonds. The molecule has 3 aliphatic rings. The van der Waals surface area contributed by atoms with Crippen LogP contribution in [0.15, 0.2) is 0 Å². The Morgan fingerprint density at radius 1 is 0.615 bits per heavy atom. The molecule has 3 rings (SSSR count). The fourth-order valence-electron chi connectivity index (χ4n) is 5.99. The van der Waals surface area contributed by atoms with Crippen molar-refractivity contribution in [1.29, 1.82) is 0 Å². The normalized spacial score (nSPS) is 27.9. The van der Waals surface area contributed by atoms with Gasteiger partial charge < -0.3 is 0 Å². The minimum absolute atomic E-state index is 0.362. The molecule has 0 radical (unpaired) electrons. The average molecular weight is 363 g/mol. The molecule has 0 bridgehead atoms. The number of rotatable bonds is 2. The SMILES string of the molecule is CC(C)(C)N1CCC(CC2CCC3(CC2)CCN(C(C)(C)C)CC3)CC1. The lowest BCUT2D eigenvalue weighted by Crippen LogP contribution is -2.49. The summed E-state index contributed by atoms with van der Waals surface area (Å²) in [7, 11) is 0. The van der Waals surface area contributed by atoms with Crippen LogP contribution in [-0.4, -0.2) is 47.1 Å². The molecular formula is C24H46N2. The van der Waals surface area contributed by atoms with Gasteiger partial charge in [0.1, 0.15) is 0 Å². The number of hydrogen-bond donors (Lipinski definition) is 0. The molecule has 152 valence electrons. The summed E-state index contributed by atoms with van der Waals surface area (Å²) in [6, 6.07) is 0. The van der Waals surface area contributed by atoms with Crippen molar-refractivity contribution < 1.29 is 0 Å². The van der Waals surface area contributed by atoms with Gasteiger partial charge in [0.15, 0.2) is 0 Å².